The Morgan fingerprint density at radius 2 is 1.90 bits per heavy atom. The molecule has 2 unspecified atom stereocenters. The van der Waals surface area contributed by atoms with E-state index in [1.807, 2.05) is 0 Å². The third-order valence-corrected chi connectivity index (χ3v) is 5.11. The molecule has 2 aliphatic carbocycles. The molecule has 0 amide bonds. The number of methoxy groups -OCH3 is 1. The van der Waals surface area contributed by atoms with Gasteiger partial charge in [0.05, 0.1) is 7.11 Å². The van der Waals surface area contributed by atoms with Crippen molar-refractivity contribution in [1.29, 1.82) is 0 Å². The van der Waals surface area contributed by atoms with Crippen LogP contribution in [0.2, 0.25) is 0 Å². The molecule has 0 bridgehead atoms. The number of nitrogens with one attached hydrogen (secondary N) is 1. The molecule has 0 heterocycles. The van der Waals surface area contributed by atoms with Crippen LogP contribution >= 0.6 is 0 Å². The van der Waals surface area contributed by atoms with Crippen molar-refractivity contribution in [2.75, 3.05) is 14.2 Å². The van der Waals surface area contributed by atoms with Gasteiger partial charge in [-0.3, -0.25) is 10.1 Å². The first-order valence-corrected chi connectivity index (χ1v) is 8.06. The summed E-state index contributed by atoms with van der Waals surface area (Å²) in [7, 11) is 3.74. The van der Waals surface area contributed by atoms with Crippen LogP contribution in [0.5, 0.6) is 0 Å². The van der Waals surface area contributed by atoms with E-state index in [2.05, 4.69) is 31.1 Å². The molecule has 2 aliphatic rings. The van der Waals surface area contributed by atoms with Gasteiger partial charge in [-0.2, -0.15) is 0 Å². The van der Waals surface area contributed by atoms with Crippen LogP contribution in [0.15, 0.2) is 0 Å². The SMILES string of the molecule is COC(=O)C1(NC(C)C)CCC(N(C)C2CCCC2)C1. The Kier molecular flexibility index (Phi) is 5.08. The molecule has 0 saturated heterocycles. The van der Waals surface area contributed by atoms with E-state index in [0.717, 1.165) is 19.3 Å². The minimum atomic E-state index is -0.472. The van der Waals surface area contributed by atoms with Crippen LogP contribution < -0.4 is 5.32 Å². The Bertz CT molecular complexity index is 339. The Hall–Kier alpha value is -0.610. The van der Waals surface area contributed by atoms with E-state index in [0.29, 0.717) is 18.1 Å². The van der Waals surface area contributed by atoms with E-state index in [9.17, 15) is 4.79 Å². The number of esters is 1. The standard InChI is InChI=1S/C16H30N2O2/c1-12(2)17-16(15(19)20-4)10-9-14(11-16)18(3)13-7-5-6-8-13/h12-14,17H,5-11H2,1-4H3. The predicted octanol–water partition coefficient (Wildman–Crippen LogP) is 2.32. The van der Waals surface area contributed by atoms with Gasteiger partial charge in [-0.25, -0.2) is 0 Å². The number of carbonyl (C=O) groups excluding carboxylic acids is 1. The van der Waals surface area contributed by atoms with Crippen LogP contribution in [0.3, 0.4) is 0 Å². The highest BCUT2D eigenvalue weighted by atomic mass is 16.5. The quantitative estimate of drug-likeness (QED) is 0.786. The van der Waals surface area contributed by atoms with Crippen molar-refractivity contribution in [3.8, 4) is 0 Å². The van der Waals surface area contributed by atoms with Crippen LogP contribution in [-0.4, -0.2) is 48.7 Å². The zero-order valence-electron chi connectivity index (χ0n) is 13.4. The van der Waals surface area contributed by atoms with Crippen LogP contribution in [0.4, 0.5) is 0 Å². The summed E-state index contributed by atoms with van der Waals surface area (Å²) in [5, 5.41) is 3.48. The maximum Gasteiger partial charge on any atom is 0.326 e. The van der Waals surface area contributed by atoms with Crippen LogP contribution in [0.25, 0.3) is 0 Å². The molecule has 0 spiro atoms. The van der Waals surface area contributed by atoms with Crippen LogP contribution in [-0.2, 0) is 9.53 Å². The second-order valence-electron chi connectivity index (χ2n) is 6.87. The van der Waals surface area contributed by atoms with Gasteiger partial charge in [0.1, 0.15) is 5.54 Å². The second kappa shape index (κ2) is 6.44. The molecule has 1 N–H and O–H groups in total. The van der Waals surface area contributed by atoms with Crippen LogP contribution in [0, 0.1) is 0 Å². The molecule has 0 aliphatic heterocycles. The molecule has 2 atom stereocenters. The minimum absolute atomic E-state index is 0.0893. The highest BCUT2D eigenvalue weighted by Gasteiger charge is 2.48. The number of hydrogen-bond acceptors (Lipinski definition) is 4. The van der Waals surface area contributed by atoms with Gasteiger partial charge in [0, 0.05) is 18.1 Å². The van der Waals surface area contributed by atoms with E-state index in [-0.39, 0.29) is 5.97 Å². The molecule has 116 valence electrons. The third-order valence-electron chi connectivity index (χ3n) is 5.11. The summed E-state index contributed by atoms with van der Waals surface area (Å²) in [5.74, 6) is -0.0893. The van der Waals surface area contributed by atoms with Gasteiger partial charge in [0.25, 0.3) is 0 Å². The first-order chi connectivity index (χ1) is 9.48. The summed E-state index contributed by atoms with van der Waals surface area (Å²) >= 11 is 0. The van der Waals surface area contributed by atoms with Crippen molar-refractivity contribution >= 4 is 5.97 Å². The zero-order valence-corrected chi connectivity index (χ0v) is 13.4. The Balaban J connectivity index is 2.04. The fourth-order valence-corrected chi connectivity index (χ4v) is 4.10. The average molecular weight is 282 g/mol. The van der Waals surface area contributed by atoms with Crippen molar-refractivity contribution in [1.82, 2.24) is 10.2 Å². The topological polar surface area (TPSA) is 41.6 Å². The minimum Gasteiger partial charge on any atom is -0.468 e. The summed E-state index contributed by atoms with van der Waals surface area (Å²) < 4.78 is 5.07. The van der Waals surface area contributed by atoms with E-state index in [4.69, 9.17) is 4.74 Å². The molecule has 0 aromatic heterocycles. The fourth-order valence-electron chi connectivity index (χ4n) is 4.10. The lowest BCUT2D eigenvalue weighted by Gasteiger charge is -2.33. The summed E-state index contributed by atoms with van der Waals surface area (Å²) in [6.07, 6.45) is 8.19. The van der Waals surface area contributed by atoms with Crippen LogP contribution in [0.1, 0.15) is 58.8 Å². The van der Waals surface area contributed by atoms with Gasteiger partial charge in [-0.05, 0) is 53.0 Å². The van der Waals surface area contributed by atoms with E-state index in [1.165, 1.54) is 32.8 Å². The highest BCUT2D eigenvalue weighted by molar-refractivity contribution is 5.81. The van der Waals surface area contributed by atoms with Crippen molar-refractivity contribution in [3.05, 3.63) is 0 Å². The summed E-state index contributed by atoms with van der Waals surface area (Å²) in [6, 6.07) is 1.51. The number of nitrogens with zero attached hydrogens (tertiary/aromatic N) is 1. The molecular weight excluding hydrogens is 252 g/mol. The molecule has 20 heavy (non-hydrogen) atoms. The lowest BCUT2D eigenvalue weighted by molar-refractivity contribution is -0.149. The summed E-state index contributed by atoms with van der Waals surface area (Å²) in [4.78, 5) is 14.8. The Morgan fingerprint density at radius 3 is 2.45 bits per heavy atom. The number of carbonyl (C=O) groups is 1. The lowest BCUT2D eigenvalue weighted by atomic mass is 9.95. The second-order valence-corrected chi connectivity index (χ2v) is 6.87. The van der Waals surface area contributed by atoms with Crippen molar-refractivity contribution in [2.24, 2.45) is 0 Å². The normalized spacial score (nSPS) is 31.4. The molecule has 2 saturated carbocycles. The first-order valence-electron chi connectivity index (χ1n) is 8.06. The largest absolute Gasteiger partial charge is 0.468 e. The Labute approximate surface area is 123 Å². The van der Waals surface area contributed by atoms with Gasteiger partial charge < -0.3 is 9.64 Å². The fraction of sp³-hybridized carbons (Fsp3) is 0.938. The first kappa shape index (κ1) is 15.8. The molecule has 0 aromatic carbocycles. The van der Waals surface area contributed by atoms with E-state index in [1.54, 1.807) is 0 Å². The maximum atomic E-state index is 12.3. The molecular formula is C16H30N2O2. The number of rotatable bonds is 5. The third kappa shape index (κ3) is 3.17. The predicted molar refractivity (Wildman–Crippen MR) is 80.7 cm³/mol. The smallest absolute Gasteiger partial charge is 0.326 e. The van der Waals surface area contributed by atoms with Crippen molar-refractivity contribution in [3.63, 3.8) is 0 Å². The van der Waals surface area contributed by atoms with Crippen molar-refractivity contribution in [2.45, 2.75) is 82.5 Å². The molecule has 0 aromatic rings. The molecule has 2 fully saturated rings. The molecule has 4 heteroatoms. The lowest BCUT2D eigenvalue weighted by Crippen LogP contribution is -2.54. The monoisotopic (exact) mass is 282 g/mol. The van der Waals surface area contributed by atoms with Gasteiger partial charge >= 0.3 is 5.97 Å². The van der Waals surface area contributed by atoms with Gasteiger partial charge in [0.2, 0.25) is 0 Å². The summed E-state index contributed by atoms with van der Waals surface area (Å²) in [6.45, 7) is 4.19. The maximum absolute atomic E-state index is 12.3. The van der Waals surface area contributed by atoms with Gasteiger partial charge in [-0.15, -0.1) is 0 Å². The molecule has 0 radical (unpaired) electrons. The molecule has 4 nitrogen and oxygen atoms in total. The Morgan fingerprint density at radius 1 is 1.25 bits per heavy atom. The highest BCUT2D eigenvalue weighted by Crippen LogP contribution is 2.37. The number of ether oxygens (including phenoxy) is 1. The summed E-state index contributed by atoms with van der Waals surface area (Å²) in [5.41, 5.74) is -0.472. The van der Waals surface area contributed by atoms with E-state index < -0.39 is 5.54 Å². The molecule has 2 rings (SSSR count). The number of hydrogen-bond donors (Lipinski definition) is 1. The van der Waals surface area contributed by atoms with Gasteiger partial charge in [0.15, 0.2) is 0 Å². The van der Waals surface area contributed by atoms with Crippen molar-refractivity contribution < 1.29 is 9.53 Å². The van der Waals surface area contributed by atoms with Gasteiger partial charge in [-0.1, -0.05) is 12.8 Å². The zero-order chi connectivity index (χ0) is 14.8. The van der Waals surface area contributed by atoms with E-state index >= 15 is 0 Å². The average Bonchev–Trinajstić information content (AvgIpc) is 3.06.